The maximum Gasteiger partial charge on any atom is 0.175 e. The molecule has 0 saturated carbocycles. The van der Waals surface area contributed by atoms with Gasteiger partial charge in [-0.25, -0.2) is 0 Å². The third-order valence-electron chi connectivity index (χ3n) is 3.27. The molecular formula is C14H21NO2. The number of nitrogens with zero attached hydrogens (tertiary/aromatic N) is 1. The lowest BCUT2D eigenvalue weighted by Gasteiger charge is -2.43. The summed E-state index contributed by atoms with van der Waals surface area (Å²) in [4.78, 5) is 2.27. The van der Waals surface area contributed by atoms with E-state index in [9.17, 15) is 5.11 Å². The molecule has 0 aromatic heterocycles. The summed E-state index contributed by atoms with van der Waals surface area (Å²) in [6.45, 7) is 7.30. The molecular weight excluding hydrogens is 214 g/mol. The third-order valence-corrected chi connectivity index (χ3v) is 3.27. The first-order valence-electron chi connectivity index (χ1n) is 6.17. The van der Waals surface area contributed by atoms with Gasteiger partial charge in [-0.15, -0.1) is 0 Å². The second-order valence-corrected chi connectivity index (χ2v) is 5.12. The zero-order valence-electron chi connectivity index (χ0n) is 10.8. The Balaban J connectivity index is 2.12. The van der Waals surface area contributed by atoms with Gasteiger partial charge in [0.2, 0.25) is 0 Å². The van der Waals surface area contributed by atoms with E-state index in [0.29, 0.717) is 12.6 Å². The van der Waals surface area contributed by atoms with Gasteiger partial charge in [0.1, 0.15) is 0 Å². The zero-order chi connectivity index (χ0) is 12.5. The Hall–Kier alpha value is -0.900. The average molecular weight is 235 g/mol. The zero-order valence-corrected chi connectivity index (χ0v) is 10.8. The fraction of sp³-hybridized carbons (Fsp3) is 0.571. The maximum atomic E-state index is 10.0. The van der Waals surface area contributed by atoms with Gasteiger partial charge < -0.3 is 9.84 Å². The van der Waals surface area contributed by atoms with Crippen LogP contribution in [0.15, 0.2) is 30.3 Å². The van der Waals surface area contributed by atoms with Crippen LogP contribution in [-0.2, 0) is 4.74 Å². The Morgan fingerprint density at radius 1 is 1.41 bits per heavy atom. The highest BCUT2D eigenvalue weighted by molar-refractivity contribution is 5.18. The molecule has 0 spiro atoms. The van der Waals surface area contributed by atoms with Crippen LogP contribution in [0.3, 0.4) is 0 Å². The first-order chi connectivity index (χ1) is 7.98. The third kappa shape index (κ3) is 3.06. The Morgan fingerprint density at radius 3 is 2.65 bits per heavy atom. The summed E-state index contributed by atoms with van der Waals surface area (Å²) in [6.07, 6.45) is 0.0601. The highest BCUT2D eigenvalue weighted by atomic mass is 16.6. The summed E-state index contributed by atoms with van der Waals surface area (Å²) >= 11 is 0. The van der Waals surface area contributed by atoms with Crippen LogP contribution in [0, 0.1) is 0 Å². The molecule has 1 N–H and O–H groups in total. The molecule has 3 atom stereocenters. The second-order valence-electron chi connectivity index (χ2n) is 5.12. The molecule has 1 aromatic rings. The minimum absolute atomic E-state index is 0.0601. The van der Waals surface area contributed by atoms with E-state index in [1.54, 1.807) is 6.92 Å². The molecule has 1 aliphatic rings. The SMILES string of the molecule is C[C@H]1CN([C@@H](C)c2ccccc2)C[C@](C)(O)O1. The van der Waals surface area contributed by atoms with Crippen LogP contribution in [0.25, 0.3) is 0 Å². The predicted molar refractivity (Wildman–Crippen MR) is 67.6 cm³/mol. The number of morpholine rings is 1. The number of hydrogen-bond donors (Lipinski definition) is 1. The molecule has 1 aromatic carbocycles. The van der Waals surface area contributed by atoms with Crippen molar-refractivity contribution < 1.29 is 9.84 Å². The number of hydrogen-bond acceptors (Lipinski definition) is 3. The molecule has 1 heterocycles. The summed E-state index contributed by atoms with van der Waals surface area (Å²) < 4.78 is 5.50. The first kappa shape index (κ1) is 12.6. The van der Waals surface area contributed by atoms with Crippen molar-refractivity contribution in [3.8, 4) is 0 Å². The van der Waals surface area contributed by atoms with Crippen molar-refractivity contribution in [3.05, 3.63) is 35.9 Å². The number of ether oxygens (including phenoxy) is 1. The standard InChI is InChI=1S/C14H21NO2/c1-11-9-15(10-14(3,16)17-11)12(2)13-7-5-4-6-8-13/h4-8,11-12,16H,9-10H2,1-3H3/t11-,12-,14+/m0/s1. The van der Waals surface area contributed by atoms with Gasteiger partial charge >= 0.3 is 0 Å². The Labute approximate surface area is 103 Å². The first-order valence-corrected chi connectivity index (χ1v) is 6.17. The van der Waals surface area contributed by atoms with Gasteiger partial charge in [-0.05, 0) is 26.3 Å². The van der Waals surface area contributed by atoms with Gasteiger partial charge in [0.25, 0.3) is 0 Å². The molecule has 17 heavy (non-hydrogen) atoms. The van der Waals surface area contributed by atoms with Crippen molar-refractivity contribution in [1.82, 2.24) is 4.90 Å². The largest absolute Gasteiger partial charge is 0.365 e. The van der Waals surface area contributed by atoms with E-state index in [-0.39, 0.29) is 6.10 Å². The summed E-state index contributed by atoms with van der Waals surface area (Å²) in [6, 6.07) is 10.7. The van der Waals surface area contributed by atoms with Crippen molar-refractivity contribution in [1.29, 1.82) is 0 Å². The van der Waals surface area contributed by atoms with E-state index in [1.807, 2.05) is 25.1 Å². The lowest BCUT2D eigenvalue weighted by atomic mass is 10.0. The predicted octanol–water partition coefficient (Wildman–Crippen LogP) is 2.18. The molecule has 2 rings (SSSR count). The van der Waals surface area contributed by atoms with Crippen molar-refractivity contribution in [2.24, 2.45) is 0 Å². The molecule has 3 nitrogen and oxygen atoms in total. The maximum absolute atomic E-state index is 10.0. The smallest absolute Gasteiger partial charge is 0.175 e. The van der Waals surface area contributed by atoms with E-state index < -0.39 is 5.79 Å². The fourth-order valence-corrected chi connectivity index (χ4v) is 2.52. The summed E-state index contributed by atoms with van der Waals surface area (Å²) in [7, 11) is 0. The number of benzene rings is 1. The van der Waals surface area contributed by atoms with Crippen LogP contribution in [0.5, 0.6) is 0 Å². The van der Waals surface area contributed by atoms with Crippen molar-refractivity contribution >= 4 is 0 Å². The van der Waals surface area contributed by atoms with Gasteiger partial charge in [-0.2, -0.15) is 0 Å². The lowest BCUT2D eigenvalue weighted by Crippen LogP contribution is -2.53. The molecule has 0 radical (unpaired) electrons. The fourth-order valence-electron chi connectivity index (χ4n) is 2.52. The van der Waals surface area contributed by atoms with Crippen LogP contribution in [0.2, 0.25) is 0 Å². The Kier molecular flexibility index (Phi) is 3.52. The molecule has 94 valence electrons. The normalized spacial score (nSPS) is 32.4. The van der Waals surface area contributed by atoms with E-state index in [2.05, 4.69) is 24.0 Å². The van der Waals surface area contributed by atoms with Crippen LogP contribution >= 0.6 is 0 Å². The topological polar surface area (TPSA) is 32.7 Å². The van der Waals surface area contributed by atoms with Crippen molar-refractivity contribution in [2.75, 3.05) is 13.1 Å². The number of aliphatic hydroxyl groups is 1. The van der Waals surface area contributed by atoms with Gasteiger partial charge in [-0.3, -0.25) is 4.90 Å². The van der Waals surface area contributed by atoms with E-state index >= 15 is 0 Å². The lowest BCUT2D eigenvalue weighted by molar-refractivity contribution is -0.256. The van der Waals surface area contributed by atoms with E-state index in [4.69, 9.17) is 4.74 Å². The molecule has 1 saturated heterocycles. The summed E-state index contributed by atoms with van der Waals surface area (Å²) in [5.41, 5.74) is 1.28. The van der Waals surface area contributed by atoms with Crippen LogP contribution < -0.4 is 0 Å². The Morgan fingerprint density at radius 2 is 2.06 bits per heavy atom. The van der Waals surface area contributed by atoms with Gasteiger partial charge in [-0.1, -0.05) is 30.3 Å². The number of rotatable bonds is 2. The van der Waals surface area contributed by atoms with Crippen LogP contribution in [0.4, 0.5) is 0 Å². The summed E-state index contributed by atoms with van der Waals surface area (Å²) in [5, 5.41) is 10.0. The molecule has 0 amide bonds. The average Bonchev–Trinajstić information content (AvgIpc) is 2.26. The molecule has 0 unspecified atom stereocenters. The quantitative estimate of drug-likeness (QED) is 0.852. The number of β-amino-alcohol motifs (C(OH)–C–C–N with tert-alkyl or cyclic N) is 1. The molecule has 0 aliphatic carbocycles. The van der Waals surface area contributed by atoms with Gasteiger partial charge in [0, 0.05) is 12.6 Å². The summed E-state index contributed by atoms with van der Waals surface area (Å²) in [5.74, 6) is -1.04. The molecule has 1 fully saturated rings. The minimum atomic E-state index is -1.04. The van der Waals surface area contributed by atoms with Crippen LogP contribution in [-0.4, -0.2) is 35.0 Å². The Bertz CT molecular complexity index is 364. The van der Waals surface area contributed by atoms with Crippen molar-refractivity contribution in [3.63, 3.8) is 0 Å². The van der Waals surface area contributed by atoms with Crippen molar-refractivity contribution in [2.45, 2.75) is 38.7 Å². The highest BCUT2D eigenvalue weighted by Crippen LogP contribution is 2.27. The molecule has 1 aliphatic heterocycles. The monoisotopic (exact) mass is 235 g/mol. The van der Waals surface area contributed by atoms with Crippen LogP contribution in [0.1, 0.15) is 32.4 Å². The second kappa shape index (κ2) is 4.77. The molecule has 3 heteroatoms. The van der Waals surface area contributed by atoms with E-state index in [0.717, 1.165) is 6.54 Å². The van der Waals surface area contributed by atoms with E-state index in [1.165, 1.54) is 5.56 Å². The minimum Gasteiger partial charge on any atom is -0.365 e. The van der Waals surface area contributed by atoms with Gasteiger partial charge in [0.15, 0.2) is 5.79 Å². The highest BCUT2D eigenvalue weighted by Gasteiger charge is 2.35. The molecule has 0 bridgehead atoms. The van der Waals surface area contributed by atoms with Gasteiger partial charge in [0.05, 0.1) is 12.6 Å².